The molecule has 2 amide bonds. The molecule has 1 aromatic heterocycles. The number of likely N-dealkylation sites (tertiary alicyclic amines) is 1. The molecule has 0 aliphatic carbocycles. The van der Waals surface area contributed by atoms with Crippen molar-refractivity contribution in [2.75, 3.05) is 6.54 Å². The van der Waals surface area contributed by atoms with Crippen LogP contribution in [-0.4, -0.2) is 51.5 Å². The maximum Gasteiger partial charge on any atom is 0.408 e. The molecule has 120 valence electrons. The summed E-state index contributed by atoms with van der Waals surface area (Å²) < 4.78 is 38.7. The summed E-state index contributed by atoms with van der Waals surface area (Å²) in [6, 6.07) is -2.33. The van der Waals surface area contributed by atoms with Crippen LogP contribution in [-0.2, 0) is 4.79 Å². The molecule has 1 aromatic rings. The fourth-order valence-corrected chi connectivity index (χ4v) is 2.46. The molecule has 1 N–H and O–H groups in total. The van der Waals surface area contributed by atoms with E-state index in [2.05, 4.69) is 15.3 Å². The average molecular weight is 316 g/mol. The van der Waals surface area contributed by atoms with Gasteiger partial charge < -0.3 is 10.2 Å². The maximum absolute atomic E-state index is 12.9. The van der Waals surface area contributed by atoms with E-state index in [9.17, 15) is 22.8 Å². The number of nitrogens with zero attached hydrogens (tertiary/aromatic N) is 3. The number of carbonyl (C=O) groups excluding carboxylic acids is 2. The van der Waals surface area contributed by atoms with Crippen molar-refractivity contribution in [3.8, 4) is 0 Å². The molecule has 0 saturated carbocycles. The number of hydrogen-bond donors (Lipinski definition) is 1. The molecule has 1 saturated heterocycles. The average Bonchev–Trinajstić information content (AvgIpc) is 2.47. The second kappa shape index (κ2) is 6.29. The van der Waals surface area contributed by atoms with Gasteiger partial charge >= 0.3 is 6.18 Å². The van der Waals surface area contributed by atoms with Gasteiger partial charge in [-0.05, 0) is 12.8 Å². The van der Waals surface area contributed by atoms with Gasteiger partial charge in [0.05, 0.1) is 5.56 Å². The van der Waals surface area contributed by atoms with Crippen LogP contribution >= 0.6 is 0 Å². The Hall–Kier alpha value is -2.19. The molecular weight excluding hydrogens is 301 g/mol. The monoisotopic (exact) mass is 316 g/mol. The van der Waals surface area contributed by atoms with Crippen LogP contribution in [0.15, 0.2) is 18.7 Å². The van der Waals surface area contributed by atoms with Gasteiger partial charge in [-0.1, -0.05) is 0 Å². The van der Waals surface area contributed by atoms with E-state index in [-0.39, 0.29) is 24.9 Å². The highest BCUT2D eigenvalue weighted by atomic mass is 19.4. The van der Waals surface area contributed by atoms with Crippen LogP contribution in [0.5, 0.6) is 0 Å². The SMILES string of the molecule is CC(=O)N1CC(NC(=O)c2cncnc2)CCC1C(F)(F)F. The van der Waals surface area contributed by atoms with Crippen LogP contribution in [0.25, 0.3) is 0 Å². The highest BCUT2D eigenvalue weighted by molar-refractivity contribution is 5.93. The van der Waals surface area contributed by atoms with E-state index in [0.29, 0.717) is 0 Å². The zero-order valence-electron chi connectivity index (χ0n) is 11.8. The van der Waals surface area contributed by atoms with E-state index in [1.165, 1.54) is 18.7 Å². The number of carbonyl (C=O) groups is 2. The Bertz CT molecular complexity index is 550. The van der Waals surface area contributed by atoms with Gasteiger partial charge in [0.15, 0.2) is 0 Å². The molecule has 2 rings (SSSR count). The van der Waals surface area contributed by atoms with Crippen molar-refractivity contribution < 1.29 is 22.8 Å². The van der Waals surface area contributed by atoms with Crippen LogP contribution < -0.4 is 5.32 Å². The van der Waals surface area contributed by atoms with Crippen molar-refractivity contribution in [2.45, 2.75) is 38.0 Å². The number of amides is 2. The smallest absolute Gasteiger partial charge is 0.347 e. The van der Waals surface area contributed by atoms with Gasteiger partial charge in [-0.3, -0.25) is 9.59 Å². The van der Waals surface area contributed by atoms with Gasteiger partial charge in [-0.15, -0.1) is 0 Å². The van der Waals surface area contributed by atoms with Crippen molar-refractivity contribution in [3.05, 3.63) is 24.3 Å². The molecule has 2 heterocycles. The highest BCUT2D eigenvalue weighted by Crippen LogP contribution is 2.32. The Morgan fingerprint density at radius 2 is 1.91 bits per heavy atom. The topological polar surface area (TPSA) is 75.2 Å². The van der Waals surface area contributed by atoms with Crippen LogP contribution in [0.3, 0.4) is 0 Å². The van der Waals surface area contributed by atoms with Crippen LogP contribution in [0.2, 0.25) is 0 Å². The molecule has 0 aromatic carbocycles. The van der Waals surface area contributed by atoms with Crippen molar-refractivity contribution in [1.29, 1.82) is 0 Å². The van der Waals surface area contributed by atoms with Crippen LogP contribution in [0.1, 0.15) is 30.1 Å². The van der Waals surface area contributed by atoms with Crippen molar-refractivity contribution in [1.82, 2.24) is 20.2 Å². The molecule has 1 fully saturated rings. The van der Waals surface area contributed by atoms with E-state index in [1.54, 1.807) is 0 Å². The number of rotatable bonds is 2. The number of piperidine rings is 1. The van der Waals surface area contributed by atoms with E-state index < -0.39 is 30.1 Å². The summed E-state index contributed by atoms with van der Waals surface area (Å²) in [6.45, 7) is 0.924. The first-order chi connectivity index (χ1) is 10.3. The lowest BCUT2D eigenvalue weighted by Gasteiger charge is -2.40. The van der Waals surface area contributed by atoms with E-state index in [4.69, 9.17) is 0 Å². The Balaban J connectivity index is 2.03. The second-order valence-corrected chi connectivity index (χ2v) is 5.10. The predicted octanol–water partition coefficient (Wildman–Crippen LogP) is 1.15. The van der Waals surface area contributed by atoms with Gasteiger partial charge in [0.1, 0.15) is 12.4 Å². The number of hydrogen-bond acceptors (Lipinski definition) is 4. The Kier molecular flexibility index (Phi) is 4.62. The largest absolute Gasteiger partial charge is 0.408 e. The number of aromatic nitrogens is 2. The summed E-state index contributed by atoms with van der Waals surface area (Å²) in [5, 5.41) is 2.61. The lowest BCUT2D eigenvalue weighted by molar-refractivity contribution is -0.196. The molecule has 9 heteroatoms. The quantitative estimate of drug-likeness (QED) is 0.888. The Morgan fingerprint density at radius 1 is 1.27 bits per heavy atom. The number of halogens is 3. The van der Waals surface area contributed by atoms with Crippen LogP contribution in [0, 0.1) is 0 Å². The van der Waals surface area contributed by atoms with E-state index in [1.807, 2.05) is 0 Å². The zero-order valence-corrected chi connectivity index (χ0v) is 11.8. The minimum atomic E-state index is -4.46. The van der Waals surface area contributed by atoms with Gasteiger partial charge in [0.25, 0.3) is 5.91 Å². The Labute approximate surface area is 124 Å². The lowest BCUT2D eigenvalue weighted by Crippen LogP contribution is -2.57. The molecule has 22 heavy (non-hydrogen) atoms. The normalized spacial score (nSPS) is 22.3. The standard InChI is InChI=1S/C13H15F3N4O2/c1-8(21)20-6-10(2-3-11(20)13(14,15)16)19-12(22)9-4-17-7-18-5-9/h4-5,7,10-11H,2-3,6H2,1H3,(H,19,22). The molecule has 0 bridgehead atoms. The van der Waals surface area contributed by atoms with Gasteiger partial charge in [0.2, 0.25) is 5.91 Å². The number of nitrogens with one attached hydrogen (secondary N) is 1. The van der Waals surface area contributed by atoms with Gasteiger partial charge in [-0.25, -0.2) is 9.97 Å². The third-order valence-electron chi connectivity index (χ3n) is 3.52. The minimum absolute atomic E-state index is 0.146. The molecule has 0 spiro atoms. The zero-order chi connectivity index (χ0) is 16.3. The molecule has 1 aliphatic heterocycles. The Morgan fingerprint density at radius 3 is 2.45 bits per heavy atom. The molecule has 0 radical (unpaired) electrons. The first-order valence-corrected chi connectivity index (χ1v) is 6.69. The molecule has 1 aliphatic rings. The minimum Gasteiger partial charge on any atom is -0.347 e. The summed E-state index contributed by atoms with van der Waals surface area (Å²) in [6.07, 6.45) is -0.664. The summed E-state index contributed by atoms with van der Waals surface area (Å²) in [7, 11) is 0. The number of alkyl halides is 3. The van der Waals surface area contributed by atoms with Crippen molar-refractivity contribution in [3.63, 3.8) is 0 Å². The summed E-state index contributed by atoms with van der Waals surface area (Å²) in [5.74, 6) is -1.14. The summed E-state index contributed by atoms with van der Waals surface area (Å²) >= 11 is 0. The predicted molar refractivity (Wildman–Crippen MR) is 69.8 cm³/mol. The molecule has 2 unspecified atom stereocenters. The fraction of sp³-hybridized carbons (Fsp3) is 0.538. The second-order valence-electron chi connectivity index (χ2n) is 5.10. The maximum atomic E-state index is 12.9. The first kappa shape index (κ1) is 16.2. The van der Waals surface area contributed by atoms with Crippen LogP contribution in [0.4, 0.5) is 13.2 Å². The van der Waals surface area contributed by atoms with Gasteiger partial charge in [0, 0.05) is 31.9 Å². The molecular formula is C13H15F3N4O2. The molecule has 6 nitrogen and oxygen atoms in total. The summed E-state index contributed by atoms with van der Waals surface area (Å²) in [4.78, 5) is 31.6. The fourth-order valence-electron chi connectivity index (χ4n) is 2.46. The van der Waals surface area contributed by atoms with Crippen molar-refractivity contribution >= 4 is 11.8 Å². The third-order valence-corrected chi connectivity index (χ3v) is 3.52. The van der Waals surface area contributed by atoms with E-state index >= 15 is 0 Å². The van der Waals surface area contributed by atoms with E-state index in [0.717, 1.165) is 11.8 Å². The lowest BCUT2D eigenvalue weighted by atomic mass is 9.97. The summed E-state index contributed by atoms with van der Waals surface area (Å²) in [5.41, 5.74) is 0.217. The first-order valence-electron chi connectivity index (χ1n) is 6.69. The highest BCUT2D eigenvalue weighted by Gasteiger charge is 2.47. The van der Waals surface area contributed by atoms with Gasteiger partial charge in [-0.2, -0.15) is 13.2 Å². The molecule has 2 atom stereocenters. The third kappa shape index (κ3) is 3.71. The van der Waals surface area contributed by atoms with Crippen molar-refractivity contribution in [2.24, 2.45) is 0 Å².